The summed E-state index contributed by atoms with van der Waals surface area (Å²) in [6.45, 7) is 0. The highest BCUT2D eigenvalue weighted by molar-refractivity contribution is 6.06. The van der Waals surface area contributed by atoms with Gasteiger partial charge in [-0.2, -0.15) is 0 Å². The number of carbonyl (C=O) groups excluding carboxylic acids is 1. The Bertz CT molecular complexity index is 339. The van der Waals surface area contributed by atoms with E-state index in [9.17, 15) is 4.79 Å². The molecule has 0 fully saturated rings. The fourth-order valence-electron chi connectivity index (χ4n) is 1.11. The van der Waals surface area contributed by atoms with Crippen molar-refractivity contribution in [1.29, 1.82) is 0 Å². The van der Waals surface area contributed by atoms with Gasteiger partial charge >= 0.3 is 0 Å². The Morgan fingerprint density at radius 3 is 2.29 bits per heavy atom. The molecule has 0 aliphatic heterocycles. The molecule has 1 rings (SSSR count). The average Bonchev–Trinajstić information content (AvgIpc) is 2.15. The maximum absolute atomic E-state index is 10.8. The van der Waals surface area contributed by atoms with Gasteiger partial charge in [-0.1, -0.05) is 12.1 Å². The van der Waals surface area contributed by atoms with E-state index in [1.165, 1.54) is 0 Å². The lowest BCUT2D eigenvalue weighted by Gasteiger charge is -2.07. The molecule has 1 aromatic carbocycles. The lowest BCUT2D eigenvalue weighted by Crippen LogP contribution is -2.03. The monoisotopic (exact) mass is 191 g/mol. The van der Waals surface area contributed by atoms with Gasteiger partial charge in [-0.05, 0) is 17.7 Å². The van der Waals surface area contributed by atoms with Crippen molar-refractivity contribution in [3.8, 4) is 5.75 Å². The quantitative estimate of drug-likeness (QED) is 0.581. The minimum Gasteiger partial charge on any atom is -0.508 e. The van der Waals surface area contributed by atoms with Crippen molar-refractivity contribution in [1.82, 2.24) is 4.90 Å². The third-order valence-electron chi connectivity index (χ3n) is 1.72. The van der Waals surface area contributed by atoms with E-state index >= 15 is 0 Å². The van der Waals surface area contributed by atoms with Crippen molar-refractivity contribution in [2.24, 2.45) is 0 Å². The van der Waals surface area contributed by atoms with Gasteiger partial charge in [0, 0.05) is 25.9 Å². The number of carbonyl (C=O) groups is 1. The van der Waals surface area contributed by atoms with Crippen LogP contribution in [0.2, 0.25) is 0 Å². The average molecular weight is 191 g/mol. The number of nitrogens with zero attached hydrogens (tertiary/aromatic N) is 1. The summed E-state index contributed by atoms with van der Waals surface area (Å²) in [6, 6.07) is 6.53. The second kappa shape index (κ2) is 4.46. The number of rotatable bonds is 3. The second-order valence-electron chi connectivity index (χ2n) is 3.21. The number of hydrogen-bond donors (Lipinski definition) is 1. The van der Waals surface area contributed by atoms with Crippen molar-refractivity contribution < 1.29 is 9.90 Å². The molecule has 0 amide bonds. The van der Waals surface area contributed by atoms with Crippen molar-refractivity contribution in [3.63, 3.8) is 0 Å². The first-order chi connectivity index (χ1) is 6.63. The van der Waals surface area contributed by atoms with Gasteiger partial charge in [0.25, 0.3) is 0 Å². The summed E-state index contributed by atoms with van der Waals surface area (Å²) >= 11 is 0. The van der Waals surface area contributed by atoms with Crippen molar-refractivity contribution in [3.05, 3.63) is 36.0 Å². The summed E-state index contributed by atoms with van der Waals surface area (Å²) in [6.07, 6.45) is 2.53. The van der Waals surface area contributed by atoms with Crippen LogP contribution in [0.5, 0.6) is 5.75 Å². The zero-order chi connectivity index (χ0) is 10.6. The molecule has 0 saturated carbocycles. The highest BCUT2D eigenvalue weighted by Gasteiger charge is 2.00. The summed E-state index contributed by atoms with van der Waals surface area (Å²) < 4.78 is 0. The van der Waals surface area contributed by atoms with Crippen molar-refractivity contribution in [2.75, 3.05) is 14.1 Å². The van der Waals surface area contributed by atoms with E-state index in [2.05, 4.69) is 0 Å². The maximum atomic E-state index is 10.8. The van der Waals surface area contributed by atoms with Gasteiger partial charge in [0.1, 0.15) is 5.75 Å². The first-order valence-corrected chi connectivity index (χ1v) is 4.26. The molecule has 0 spiro atoms. The van der Waals surface area contributed by atoms with Crippen LogP contribution in [0.4, 0.5) is 0 Å². The molecule has 1 N–H and O–H groups in total. The van der Waals surface area contributed by atoms with Crippen LogP contribution in [0.25, 0.3) is 5.57 Å². The molecule has 14 heavy (non-hydrogen) atoms. The van der Waals surface area contributed by atoms with Crippen molar-refractivity contribution in [2.45, 2.75) is 0 Å². The summed E-state index contributed by atoms with van der Waals surface area (Å²) in [7, 11) is 3.70. The Morgan fingerprint density at radius 1 is 1.29 bits per heavy atom. The fourth-order valence-corrected chi connectivity index (χ4v) is 1.11. The molecule has 0 radical (unpaired) electrons. The molecular formula is C11H13NO2. The lowest BCUT2D eigenvalue weighted by molar-refractivity contribution is -0.103. The van der Waals surface area contributed by atoms with Gasteiger partial charge in [0.05, 0.1) is 0 Å². The Labute approximate surface area is 83.3 Å². The zero-order valence-electron chi connectivity index (χ0n) is 8.27. The number of aromatic hydroxyl groups is 1. The van der Waals surface area contributed by atoms with Gasteiger partial charge in [-0.3, -0.25) is 4.79 Å². The number of benzene rings is 1. The molecule has 0 unspecified atom stereocenters. The molecule has 0 aliphatic rings. The lowest BCUT2D eigenvalue weighted by atomic mass is 10.1. The molecule has 74 valence electrons. The molecule has 0 heterocycles. The molecule has 0 aromatic heterocycles. The minimum atomic E-state index is 0.198. The van der Waals surface area contributed by atoms with Crippen LogP contribution in [0.1, 0.15) is 5.56 Å². The summed E-state index contributed by atoms with van der Waals surface area (Å²) in [5, 5.41) is 9.07. The van der Waals surface area contributed by atoms with E-state index in [-0.39, 0.29) is 5.75 Å². The Morgan fingerprint density at radius 2 is 1.86 bits per heavy atom. The number of phenolic OH excluding ortho intramolecular Hbond substituents is 1. The predicted molar refractivity (Wildman–Crippen MR) is 55.8 cm³/mol. The first kappa shape index (κ1) is 10.3. The van der Waals surface area contributed by atoms with E-state index in [0.717, 1.165) is 11.8 Å². The number of hydrogen-bond acceptors (Lipinski definition) is 3. The van der Waals surface area contributed by atoms with Gasteiger partial charge in [0.15, 0.2) is 6.29 Å². The highest BCUT2D eigenvalue weighted by atomic mass is 16.3. The molecule has 3 nitrogen and oxygen atoms in total. The fraction of sp³-hybridized carbons (Fsp3) is 0.182. The largest absolute Gasteiger partial charge is 0.508 e. The molecule has 0 atom stereocenters. The van der Waals surface area contributed by atoms with Crippen LogP contribution in [-0.4, -0.2) is 30.4 Å². The topological polar surface area (TPSA) is 40.5 Å². The first-order valence-electron chi connectivity index (χ1n) is 4.26. The Kier molecular flexibility index (Phi) is 3.29. The third-order valence-corrected chi connectivity index (χ3v) is 1.72. The highest BCUT2D eigenvalue weighted by Crippen LogP contribution is 2.16. The smallest absolute Gasteiger partial charge is 0.152 e. The van der Waals surface area contributed by atoms with Crippen molar-refractivity contribution >= 4 is 11.9 Å². The minimum absolute atomic E-state index is 0.198. The van der Waals surface area contributed by atoms with Crippen LogP contribution >= 0.6 is 0 Å². The summed E-state index contributed by atoms with van der Waals surface area (Å²) in [4.78, 5) is 12.6. The molecular weight excluding hydrogens is 178 g/mol. The molecule has 0 saturated heterocycles. The van der Waals surface area contributed by atoms with E-state index in [1.807, 2.05) is 14.1 Å². The van der Waals surface area contributed by atoms with Crippen LogP contribution < -0.4 is 0 Å². The van der Waals surface area contributed by atoms with Gasteiger partial charge < -0.3 is 10.0 Å². The van der Waals surface area contributed by atoms with Crippen LogP contribution in [0.3, 0.4) is 0 Å². The molecule has 0 aliphatic carbocycles. The van der Waals surface area contributed by atoms with Gasteiger partial charge in [-0.15, -0.1) is 0 Å². The molecule has 1 aromatic rings. The van der Waals surface area contributed by atoms with Crippen LogP contribution in [0, 0.1) is 0 Å². The summed E-state index contributed by atoms with van der Waals surface area (Å²) in [5.74, 6) is 0.198. The van der Waals surface area contributed by atoms with E-state index in [1.54, 1.807) is 35.4 Å². The van der Waals surface area contributed by atoms with Gasteiger partial charge in [-0.25, -0.2) is 0 Å². The standard InChI is InChI=1S/C11H13NO2/c1-12(2)7-10(8-13)9-3-5-11(14)6-4-9/h3-8,14H,1-2H3/b10-7-. The Balaban J connectivity index is 3.01. The third kappa shape index (κ3) is 2.62. The summed E-state index contributed by atoms with van der Waals surface area (Å²) in [5.41, 5.74) is 1.39. The van der Waals surface area contributed by atoms with Crippen LogP contribution in [0.15, 0.2) is 30.5 Å². The predicted octanol–water partition coefficient (Wildman–Crippen LogP) is 1.49. The number of aldehydes is 1. The maximum Gasteiger partial charge on any atom is 0.152 e. The van der Waals surface area contributed by atoms with Crippen LogP contribution in [-0.2, 0) is 4.79 Å². The van der Waals surface area contributed by atoms with Gasteiger partial charge in [0.2, 0.25) is 0 Å². The number of allylic oxidation sites excluding steroid dienone is 1. The Hall–Kier alpha value is -1.77. The van der Waals surface area contributed by atoms with E-state index in [0.29, 0.717) is 5.57 Å². The van der Waals surface area contributed by atoms with E-state index in [4.69, 9.17) is 5.11 Å². The molecule has 0 bridgehead atoms. The SMILES string of the molecule is CN(C)/C=C(/C=O)c1ccc(O)cc1. The normalized spacial score (nSPS) is 11.1. The molecule has 3 heteroatoms. The van der Waals surface area contributed by atoms with E-state index < -0.39 is 0 Å². The zero-order valence-corrected chi connectivity index (χ0v) is 8.27. The second-order valence-corrected chi connectivity index (χ2v) is 3.21. The number of phenols is 1.